The first-order valence-corrected chi connectivity index (χ1v) is 7.05. The zero-order valence-corrected chi connectivity index (χ0v) is 13.0. The minimum Gasteiger partial charge on any atom is -0.338 e. The molecule has 1 aromatic heterocycles. The molecule has 0 saturated heterocycles. The van der Waals surface area contributed by atoms with Crippen LogP contribution in [-0.2, 0) is 0 Å². The van der Waals surface area contributed by atoms with Gasteiger partial charge in [0.25, 0.3) is 5.91 Å². The number of hydrogen-bond acceptors (Lipinski definition) is 3. The van der Waals surface area contributed by atoms with Crippen molar-refractivity contribution in [2.45, 2.75) is 26.8 Å². The second kappa shape index (κ2) is 6.10. The third kappa shape index (κ3) is 2.83. The van der Waals surface area contributed by atoms with Crippen LogP contribution in [0.4, 0.5) is 0 Å². The summed E-state index contributed by atoms with van der Waals surface area (Å²) in [7, 11) is 1.77. The van der Waals surface area contributed by atoms with Gasteiger partial charge in [-0.25, -0.2) is 4.68 Å². The van der Waals surface area contributed by atoms with Gasteiger partial charge in [0.05, 0.1) is 23.1 Å². The van der Waals surface area contributed by atoms with Gasteiger partial charge in [-0.2, -0.15) is 5.10 Å². The number of para-hydroxylation sites is 1. The summed E-state index contributed by atoms with van der Waals surface area (Å²) in [5.74, 6) is -0.0507. The van der Waals surface area contributed by atoms with Crippen molar-refractivity contribution < 1.29 is 4.79 Å². The molecule has 2 aromatic rings. The Kier molecular flexibility index (Phi) is 4.43. The molecule has 0 aliphatic heterocycles. The smallest absolute Gasteiger partial charge is 0.257 e. The molecule has 1 atom stereocenters. The van der Waals surface area contributed by atoms with Gasteiger partial charge in [0.2, 0.25) is 0 Å². The zero-order valence-electron chi connectivity index (χ0n) is 13.0. The Balaban J connectivity index is 2.38. The van der Waals surface area contributed by atoms with Gasteiger partial charge in [0, 0.05) is 19.6 Å². The maximum absolute atomic E-state index is 12.5. The Labute approximate surface area is 125 Å². The maximum atomic E-state index is 12.5. The summed E-state index contributed by atoms with van der Waals surface area (Å²) in [6, 6.07) is 7.98. The summed E-state index contributed by atoms with van der Waals surface area (Å²) in [4.78, 5) is 14.2. The van der Waals surface area contributed by atoms with Crippen molar-refractivity contribution in [3.8, 4) is 5.69 Å². The van der Waals surface area contributed by atoms with Crippen molar-refractivity contribution in [3.63, 3.8) is 0 Å². The molecule has 2 N–H and O–H groups in total. The summed E-state index contributed by atoms with van der Waals surface area (Å²) in [6.07, 6.45) is 1.63. The van der Waals surface area contributed by atoms with Crippen LogP contribution in [0, 0.1) is 13.8 Å². The normalized spacial score (nSPS) is 12.2. The van der Waals surface area contributed by atoms with Crippen LogP contribution in [0.3, 0.4) is 0 Å². The molecule has 0 aliphatic carbocycles. The lowest BCUT2D eigenvalue weighted by Crippen LogP contribution is -2.39. The Morgan fingerprint density at radius 2 is 2.05 bits per heavy atom. The second-order valence-corrected chi connectivity index (χ2v) is 5.34. The largest absolute Gasteiger partial charge is 0.338 e. The van der Waals surface area contributed by atoms with Crippen molar-refractivity contribution in [1.82, 2.24) is 14.7 Å². The molecule has 0 fully saturated rings. The van der Waals surface area contributed by atoms with Crippen molar-refractivity contribution >= 4 is 5.91 Å². The van der Waals surface area contributed by atoms with Gasteiger partial charge in [-0.1, -0.05) is 18.2 Å². The SMILES string of the molecule is Cc1ccccc1-n1ncc(C(=O)N(C)C(C)CN)c1C. The van der Waals surface area contributed by atoms with Gasteiger partial charge in [0.1, 0.15) is 0 Å². The van der Waals surface area contributed by atoms with Crippen molar-refractivity contribution in [2.24, 2.45) is 5.73 Å². The highest BCUT2D eigenvalue weighted by Crippen LogP contribution is 2.18. The van der Waals surface area contributed by atoms with Crippen molar-refractivity contribution in [3.05, 3.63) is 47.3 Å². The number of carbonyl (C=O) groups excluding carboxylic acids is 1. The number of rotatable bonds is 4. The topological polar surface area (TPSA) is 64.2 Å². The highest BCUT2D eigenvalue weighted by atomic mass is 16.2. The van der Waals surface area contributed by atoms with Gasteiger partial charge in [-0.15, -0.1) is 0 Å². The molecule has 2 rings (SSSR count). The maximum Gasteiger partial charge on any atom is 0.257 e. The molecule has 0 radical (unpaired) electrons. The third-order valence-electron chi connectivity index (χ3n) is 3.91. The van der Waals surface area contributed by atoms with Crippen LogP contribution < -0.4 is 5.73 Å². The van der Waals surface area contributed by atoms with E-state index in [-0.39, 0.29) is 11.9 Å². The van der Waals surface area contributed by atoms with E-state index in [1.54, 1.807) is 18.1 Å². The lowest BCUT2D eigenvalue weighted by atomic mass is 10.1. The van der Waals surface area contributed by atoms with E-state index >= 15 is 0 Å². The fraction of sp³-hybridized carbons (Fsp3) is 0.375. The van der Waals surface area contributed by atoms with Crippen LogP contribution in [0.25, 0.3) is 5.69 Å². The number of nitrogens with zero attached hydrogens (tertiary/aromatic N) is 3. The van der Waals surface area contributed by atoms with Crippen LogP contribution in [0.1, 0.15) is 28.5 Å². The van der Waals surface area contributed by atoms with E-state index < -0.39 is 0 Å². The van der Waals surface area contributed by atoms with Gasteiger partial charge < -0.3 is 10.6 Å². The van der Waals surface area contributed by atoms with Gasteiger partial charge in [0.15, 0.2) is 0 Å². The van der Waals surface area contributed by atoms with Gasteiger partial charge in [-0.05, 0) is 32.4 Å². The van der Waals surface area contributed by atoms with E-state index in [0.29, 0.717) is 12.1 Å². The Morgan fingerprint density at radius 1 is 1.38 bits per heavy atom. The van der Waals surface area contributed by atoms with E-state index in [1.165, 1.54) is 0 Å². The molecule has 1 aromatic carbocycles. The number of amides is 1. The molecule has 0 spiro atoms. The minimum atomic E-state index is -0.0507. The summed E-state index contributed by atoms with van der Waals surface area (Å²) >= 11 is 0. The summed E-state index contributed by atoms with van der Waals surface area (Å²) in [6.45, 7) is 6.31. The summed E-state index contributed by atoms with van der Waals surface area (Å²) in [5.41, 5.74) is 9.19. The van der Waals surface area contributed by atoms with Crippen LogP contribution in [0.5, 0.6) is 0 Å². The number of likely N-dealkylation sites (N-methyl/N-ethyl adjacent to an activating group) is 1. The van der Waals surface area contributed by atoms with E-state index in [1.807, 2.05) is 49.7 Å². The number of aryl methyl sites for hydroxylation is 1. The molecule has 5 nitrogen and oxygen atoms in total. The molecule has 112 valence electrons. The van der Waals surface area contributed by atoms with E-state index in [9.17, 15) is 4.79 Å². The average Bonchev–Trinajstić information content (AvgIpc) is 2.87. The molecule has 1 amide bonds. The van der Waals surface area contributed by atoms with E-state index in [2.05, 4.69) is 5.10 Å². The zero-order chi connectivity index (χ0) is 15.6. The molecule has 5 heteroatoms. The molecular weight excluding hydrogens is 264 g/mol. The molecular formula is C16H22N4O. The molecule has 21 heavy (non-hydrogen) atoms. The standard InChI is InChI=1S/C16H22N4O/c1-11-7-5-6-8-15(11)20-13(3)14(10-18-20)16(21)19(4)12(2)9-17/h5-8,10,12H,9,17H2,1-4H3. The number of nitrogens with two attached hydrogens (primary N) is 1. The van der Waals surface area contributed by atoms with E-state index in [4.69, 9.17) is 5.73 Å². The van der Waals surface area contributed by atoms with Crippen molar-refractivity contribution in [2.75, 3.05) is 13.6 Å². The predicted molar refractivity (Wildman–Crippen MR) is 83.6 cm³/mol. The number of carbonyl (C=O) groups is 1. The number of benzene rings is 1. The highest BCUT2D eigenvalue weighted by molar-refractivity contribution is 5.95. The van der Waals surface area contributed by atoms with Gasteiger partial charge in [-0.3, -0.25) is 4.79 Å². The van der Waals surface area contributed by atoms with Crippen LogP contribution >= 0.6 is 0 Å². The fourth-order valence-electron chi connectivity index (χ4n) is 2.21. The summed E-state index contributed by atoms with van der Waals surface area (Å²) < 4.78 is 1.81. The van der Waals surface area contributed by atoms with E-state index in [0.717, 1.165) is 16.9 Å². The minimum absolute atomic E-state index is 0.00119. The number of aromatic nitrogens is 2. The molecule has 0 aliphatic rings. The first kappa shape index (κ1) is 15.3. The lowest BCUT2D eigenvalue weighted by molar-refractivity contribution is 0.0747. The van der Waals surface area contributed by atoms with Crippen LogP contribution in [0.15, 0.2) is 30.5 Å². The van der Waals surface area contributed by atoms with Gasteiger partial charge >= 0.3 is 0 Å². The molecule has 0 bridgehead atoms. The fourth-order valence-corrected chi connectivity index (χ4v) is 2.21. The average molecular weight is 286 g/mol. The predicted octanol–water partition coefficient (Wildman–Crippen LogP) is 1.91. The monoisotopic (exact) mass is 286 g/mol. The van der Waals surface area contributed by atoms with Crippen LogP contribution in [-0.4, -0.2) is 40.2 Å². The molecule has 1 unspecified atom stereocenters. The Morgan fingerprint density at radius 3 is 2.67 bits per heavy atom. The first-order valence-electron chi connectivity index (χ1n) is 7.05. The number of hydrogen-bond donors (Lipinski definition) is 1. The summed E-state index contributed by atoms with van der Waals surface area (Å²) in [5, 5.41) is 4.37. The first-order chi connectivity index (χ1) is 9.97. The third-order valence-corrected chi connectivity index (χ3v) is 3.91. The second-order valence-electron chi connectivity index (χ2n) is 5.34. The lowest BCUT2D eigenvalue weighted by Gasteiger charge is -2.23. The molecule has 1 heterocycles. The Bertz CT molecular complexity index is 647. The molecule has 0 saturated carbocycles. The Hall–Kier alpha value is -2.14. The highest BCUT2D eigenvalue weighted by Gasteiger charge is 2.21. The van der Waals surface area contributed by atoms with Crippen LogP contribution in [0.2, 0.25) is 0 Å². The van der Waals surface area contributed by atoms with Crippen molar-refractivity contribution in [1.29, 1.82) is 0 Å². The quantitative estimate of drug-likeness (QED) is 0.933.